The molecule has 3 heterocycles. The van der Waals surface area contributed by atoms with Crippen molar-refractivity contribution in [3.8, 4) is 0 Å². The minimum atomic E-state index is 0.322. The minimum absolute atomic E-state index is 0.322. The minimum Gasteiger partial charge on any atom is -0.364 e. The molecule has 0 aliphatic carbocycles. The van der Waals surface area contributed by atoms with Crippen LogP contribution >= 0.6 is 0 Å². The number of hydrogen-bond donors (Lipinski definition) is 1. The van der Waals surface area contributed by atoms with Gasteiger partial charge in [-0.2, -0.15) is 0 Å². The molecule has 6 heteroatoms. The van der Waals surface area contributed by atoms with Crippen molar-refractivity contribution in [2.45, 2.75) is 18.9 Å². The third-order valence-electron chi connectivity index (χ3n) is 4.06. The zero-order valence-corrected chi connectivity index (χ0v) is 12.8. The molecule has 1 saturated heterocycles. The molecule has 1 fully saturated rings. The van der Waals surface area contributed by atoms with Crippen LogP contribution in [0.3, 0.4) is 0 Å². The van der Waals surface area contributed by atoms with Gasteiger partial charge in [0, 0.05) is 31.5 Å². The standard InChI is InChI=1S/C17H18N6/c1-2-7-15-14(6-1)20-11-16(22-15)21-13-5-3-10-23(12-13)17-18-8-4-9-19-17/h1-2,4,6-9,11,13H,3,5,10,12H2,(H,21,22)/t13-/m1/s1. The quantitative estimate of drug-likeness (QED) is 0.802. The first kappa shape index (κ1) is 13.9. The van der Waals surface area contributed by atoms with E-state index in [4.69, 9.17) is 0 Å². The van der Waals surface area contributed by atoms with E-state index in [0.29, 0.717) is 6.04 Å². The summed E-state index contributed by atoms with van der Waals surface area (Å²) in [5.74, 6) is 1.62. The lowest BCUT2D eigenvalue weighted by Crippen LogP contribution is -2.43. The first-order valence-corrected chi connectivity index (χ1v) is 7.89. The highest BCUT2D eigenvalue weighted by Crippen LogP contribution is 2.19. The van der Waals surface area contributed by atoms with Gasteiger partial charge in [0.2, 0.25) is 5.95 Å². The van der Waals surface area contributed by atoms with Crippen molar-refractivity contribution in [2.24, 2.45) is 0 Å². The third-order valence-corrected chi connectivity index (χ3v) is 4.06. The van der Waals surface area contributed by atoms with Gasteiger partial charge < -0.3 is 10.2 Å². The zero-order valence-electron chi connectivity index (χ0n) is 12.8. The van der Waals surface area contributed by atoms with Crippen molar-refractivity contribution >= 4 is 22.8 Å². The van der Waals surface area contributed by atoms with Gasteiger partial charge in [-0.3, -0.25) is 4.98 Å². The Hall–Kier alpha value is -2.76. The molecular formula is C17H18N6. The van der Waals surface area contributed by atoms with E-state index in [1.807, 2.05) is 30.3 Å². The van der Waals surface area contributed by atoms with Gasteiger partial charge in [-0.05, 0) is 31.0 Å². The SMILES string of the molecule is c1cnc(N2CCC[C@@H](Nc3cnc4ccccc4n3)C2)nc1. The summed E-state index contributed by atoms with van der Waals surface area (Å²) in [7, 11) is 0. The van der Waals surface area contributed by atoms with Crippen LogP contribution in [0.2, 0.25) is 0 Å². The molecule has 1 aliphatic heterocycles. The van der Waals surface area contributed by atoms with Crippen LogP contribution in [-0.4, -0.2) is 39.1 Å². The molecule has 116 valence electrons. The van der Waals surface area contributed by atoms with Gasteiger partial charge in [0.05, 0.1) is 17.2 Å². The monoisotopic (exact) mass is 306 g/mol. The molecule has 1 aromatic carbocycles. The smallest absolute Gasteiger partial charge is 0.225 e. The highest BCUT2D eigenvalue weighted by atomic mass is 15.3. The van der Waals surface area contributed by atoms with Crippen LogP contribution in [0.5, 0.6) is 0 Å². The number of aromatic nitrogens is 4. The van der Waals surface area contributed by atoms with Gasteiger partial charge in [0.25, 0.3) is 0 Å². The van der Waals surface area contributed by atoms with Gasteiger partial charge in [0.1, 0.15) is 5.82 Å². The molecule has 0 saturated carbocycles. The van der Waals surface area contributed by atoms with Crippen molar-refractivity contribution in [3.63, 3.8) is 0 Å². The Labute approximate surface area is 134 Å². The number of anilines is 2. The summed E-state index contributed by atoms with van der Waals surface area (Å²) in [5, 5.41) is 3.50. The first-order valence-electron chi connectivity index (χ1n) is 7.89. The number of fused-ring (bicyclic) bond motifs is 1. The van der Waals surface area contributed by atoms with E-state index in [1.165, 1.54) is 0 Å². The van der Waals surface area contributed by atoms with E-state index >= 15 is 0 Å². The summed E-state index contributed by atoms with van der Waals surface area (Å²) in [6.07, 6.45) is 7.59. The highest BCUT2D eigenvalue weighted by molar-refractivity contribution is 5.75. The van der Waals surface area contributed by atoms with Gasteiger partial charge in [0.15, 0.2) is 0 Å². The number of para-hydroxylation sites is 2. The van der Waals surface area contributed by atoms with E-state index < -0.39 is 0 Å². The van der Waals surface area contributed by atoms with Crippen LogP contribution in [0, 0.1) is 0 Å². The predicted octanol–water partition coefficient (Wildman–Crippen LogP) is 2.50. The average molecular weight is 306 g/mol. The fourth-order valence-corrected chi connectivity index (χ4v) is 2.97. The number of rotatable bonds is 3. The summed E-state index contributed by atoms with van der Waals surface area (Å²) < 4.78 is 0. The van der Waals surface area contributed by atoms with Crippen molar-refractivity contribution in [1.29, 1.82) is 0 Å². The molecule has 4 rings (SSSR count). The Bertz CT molecular complexity index is 791. The van der Waals surface area contributed by atoms with Gasteiger partial charge in [-0.15, -0.1) is 0 Å². The Kier molecular flexibility index (Phi) is 3.71. The van der Waals surface area contributed by atoms with Gasteiger partial charge in [-0.1, -0.05) is 12.1 Å². The number of piperidine rings is 1. The van der Waals surface area contributed by atoms with Crippen molar-refractivity contribution in [3.05, 3.63) is 48.9 Å². The topological polar surface area (TPSA) is 66.8 Å². The summed E-state index contributed by atoms with van der Waals surface area (Å²) in [6.45, 7) is 1.87. The fourth-order valence-electron chi connectivity index (χ4n) is 2.97. The first-order chi connectivity index (χ1) is 11.4. The van der Waals surface area contributed by atoms with Crippen LogP contribution in [0.15, 0.2) is 48.9 Å². The van der Waals surface area contributed by atoms with Crippen LogP contribution < -0.4 is 10.2 Å². The van der Waals surface area contributed by atoms with E-state index in [9.17, 15) is 0 Å². The fraction of sp³-hybridized carbons (Fsp3) is 0.294. The van der Waals surface area contributed by atoms with Crippen LogP contribution in [0.4, 0.5) is 11.8 Å². The number of hydrogen-bond acceptors (Lipinski definition) is 6. The number of benzene rings is 1. The Morgan fingerprint density at radius 2 is 1.83 bits per heavy atom. The van der Waals surface area contributed by atoms with Crippen molar-refractivity contribution in [1.82, 2.24) is 19.9 Å². The van der Waals surface area contributed by atoms with Crippen LogP contribution in [0.1, 0.15) is 12.8 Å². The molecule has 3 aromatic rings. The second-order valence-electron chi connectivity index (χ2n) is 5.72. The zero-order chi connectivity index (χ0) is 15.5. The van der Waals surface area contributed by atoms with Crippen molar-refractivity contribution < 1.29 is 0 Å². The summed E-state index contributed by atoms with van der Waals surface area (Å²) in [5.41, 5.74) is 1.83. The largest absolute Gasteiger partial charge is 0.364 e. The molecule has 2 aromatic heterocycles. The predicted molar refractivity (Wildman–Crippen MR) is 90.4 cm³/mol. The summed E-state index contributed by atoms with van der Waals surface area (Å²) in [4.78, 5) is 20.0. The molecule has 0 unspecified atom stereocenters. The van der Waals surface area contributed by atoms with E-state index in [2.05, 4.69) is 30.2 Å². The maximum atomic E-state index is 4.64. The lowest BCUT2D eigenvalue weighted by molar-refractivity contribution is 0.521. The molecule has 23 heavy (non-hydrogen) atoms. The third kappa shape index (κ3) is 3.06. The average Bonchev–Trinajstić information content (AvgIpc) is 2.63. The Balaban J connectivity index is 1.49. The molecule has 0 bridgehead atoms. The molecule has 1 N–H and O–H groups in total. The second-order valence-corrected chi connectivity index (χ2v) is 5.72. The van der Waals surface area contributed by atoms with Crippen LogP contribution in [0.25, 0.3) is 11.0 Å². The van der Waals surface area contributed by atoms with E-state index in [0.717, 1.165) is 48.7 Å². The Morgan fingerprint density at radius 1 is 1.00 bits per heavy atom. The lowest BCUT2D eigenvalue weighted by Gasteiger charge is -2.33. The number of nitrogens with zero attached hydrogens (tertiary/aromatic N) is 5. The Morgan fingerprint density at radius 3 is 2.70 bits per heavy atom. The van der Waals surface area contributed by atoms with E-state index in [-0.39, 0.29) is 0 Å². The normalized spacial score (nSPS) is 18.1. The van der Waals surface area contributed by atoms with Crippen molar-refractivity contribution in [2.75, 3.05) is 23.3 Å². The molecule has 1 atom stereocenters. The lowest BCUT2D eigenvalue weighted by atomic mass is 10.1. The number of nitrogens with one attached hydrogen (secondary N) is 1. The van der Waals surface area contributed by atoms with Crippen LogP contribution in [-0.2, 0) is 0 Å². The second kappa shape index (κ2) is 6.16. The molecule has 6 nitrogen and oxygen atoms in total. The molecule has 1 aliphatic rings. The molecule has 0 amide bonds. The van der Waals surface area contributed by atoms with E-state index in [1.54, 1.807) is 18.6 Å². The highest BCUT2D eigenvalue weighted by Gasteiger charge is 2.21. The summed E-state index contributed by atoms with van der Waals surface area (Å²) >= 11 is 0. The summed E-state index contributed by atoms with van der Waals surface area (Å²) in [6, 6.07) is 10.1. The molecule has 0 spiro atoms. The molecule has 0 radical (unpaired) electrons. The molecular weight excluding hydrogens is 288 g/mol. The maximum absolute atomic E-state index is 4.64. The maximum Gasteiger partial charge on any atom is 0.225 e. The van der Waals surface area contributed by atoms with Gasteiger partial charge >= 0.3 is 0 Å². The van der Waals surface area contributed by atoms with Gasteiger partial charge in [-0.25, -0.2) is 15.0 Å².